The monoisotopic (exact) mass is 317 g/mol. The highest BCUT2D eigenvalue weighted by Gasteiger charge is 2.17. The van der Waals surface area contributed by atoms with Gasteiger partial charge in [-0.2, -0.15) is 4.98 Å². The van der Waals surface area contributed by atoms with E-state index >= 15 is 0 Å². The summed E-state index contributed by atoms with van der Waals surface area (Å²) in [6.45, 7) is 6.36. The molecule has 5 heteroatoms. The van der Waals surface area contributed by atoms with Gasteiger partial charge in [-0.15, -0.1) is 11.3 Å². The Kier molecular flexibility index (Phi) is 3.59. The molecular weight excluding hydrogens is 302 g/mol. The fraction of sp³-hybridized carbons (Fsp3) is 0.250. The van der Waals surface area contributed by atoms with Crippen molar-refractivity contribution in [1.29, 1.82) is 0 Å². The highest BCUT2D eigenvalue weighted by Crippen LogP contribution is 2.36. The predicted octanol–water partition coefficient (Wildman–Crippen LogP) is 5.04. The van der Waals surface area contributed by atoms with Gasteiger partial charge in [-0.3, -0.25) is 0 Å². The molecular formula is C16H16ClN3S. The summed E-state index contributed by atoms with van der Waals surface area (Å²) < 4.78 is 1.06. The largest absolute Gasteiger partial charge is 0.328 e. The van der Waals surface area contributed by atoms with Gasteiger partial charge in [-0.1, -0.05) is 17.7 Å². The Morgan fingerprint density at radius 2 is 1.76 bits per heavy atom. The van der Waals surface area contributed by atoms with E-state index in [1.54, 1.807) is 11.3 Å². The van der Waals surface area contributed by atoms with Crippen LogP contribution in [0.5, 0.6) is 0 Å². The molecule has 0 saturated heterocycles. The molecule has 3 aromatic rings. The molecule has 0 aliphatic carbocycles. The molecule has 0 radical (unpaired) electrons. The number of nitrogens with zero attached hydrogens (tertiary/aromatic N) is 3. The summed E-state index contributed by atoms with van der Waals surface area (Å²) in [5, 5.41) is 2.30. The highest BCUT2D eigenvalue weighted by molar-refractivity contribution is 7.17. The Morgan fingerprint density at radius 1 is 1.10 bits per heavy atom. The molecule has 0 amide bonds. The van der Waals surface area contributed by atoms with Crippen LogP contribution in [-0.2, 0) is 0 Å². The van der Waals surface area contributed by atoms with Gasteiger partial charge in [0.15, 0.2) is 5.82 Å². The first-order valence-corrected chi connectivity index (χ1v) is 7.95. The van der Waals surface area contributed by atoms with Crippen molar-refractivity contribution in [3.05, 3.63) is 45.6 Å². The van der Waals surface area contributed by atoms with E-state index in [1.807, 2.05) is 18.5 Å². The summed E-state index contributed by atoms with van der Waals surface area (Å²) >= 11 is 7.71. The molecule has 0 aliphatic rings. The fourth-order valence-corrected chi connectivity index (χ4v) is 3.88. The van der Waals surface area contributed by atoms with Crippen molar-refractivity contribution in [2.75, 3.05) is 11.9 Å². The topological polar surface area (TPSA) is 29.0 Å². The Hall–Kier alpha value is -1.65. The number of fused-ring (bicyclic) bond motifs is 1. The number of aryl methyl sites for hydroxylation is 3. The second-order valence-corrected chi connectivity index (χ2v) is 6.51. The third-order valence-corrected chi connectivity index (χ3v) is 4.62. The quantitative estimate of drug-likeness (QED) is 0.620. The zero-order valence-corrected chi connectivity index (χ0v) is 14.0. The summed E-state index contributed by atoms with van der Waals surface area (Å²) in [6, 6.07) is 6.35. The maximum absolute atomic E-state index is 6.07. The van der Waals surface area contributed by atoms with Crippen LogP contribution in [0.25, 0.3) is 10.2 Å². The number of anilines is 2. The van der Waals surface area contributed by atoms with E-state index in [0.29, 0.717) is 0 Å². The number of thiophene rings is 1. The SMILES string of the molecule is Cc1cc(C)c(N(C)c2nc(Cl)nc3ccsc23)c(C)c1. The highest BCUT2D eigenvalue weighted by atomic mass is 35.5. The number of halogens is 1. The molecule has 21 heavy (non-hydrogen) atoms. The number of rotatable bonds is 2. The second-order valence-electron chi connectivity index (χ2n) is 5.26. The third kappa shape index (κ3) is 2.49. The summed E-state index contributed by atoms with van der Waals surface area (Å²) in [7, 11) is 2.03. The van der Waals surface area contributed by atoms with Crippen molar-refractivity contribution in [2.24, 2.45) is 0 Å². The first-order chi connectivity index (χ1) is 9.97. The van der Waals surface area contributed by atoms with Crippen molar-refractivity contribution < 1.29 is 0 Å². The smallest absolute Gasteiger partial charge is 0.224 e. The first-order valence-electron chi connectivity index (χ1n) is 6.69. The van der Waals surface area contributed by atoms with Gasteiger partial charge in [0, 0.05) is 12.7 Å². The van der Waals surface area contributed by atoms with E-state index in [4.69, 9.17) is 11.6 Å². The number of benzene rings is 1. The number of hydrogen-bond donors (Lipinski definition) is 0. The van der Waals surface area contributed by atoms with Gasteiger partial charge in [-0.25, -0.2) is 4.98 Å². The van der Waals surface area contributed by atoms with Gasteiger partial charge < -0.3 is 4.90 Å². The fourth-order valence-electron chi connectivity index (χ4n) is 2.86. The normalized spacial score (nSPS) is 11.1. The Labute approximate surface area is 133 Å². The average molecular weight is 318 g/mol. The van der Waals surface area contributed by atoms with Crippen LogP contribution in [-0.4, -0.2) is 17.0 Å². The molecule has 2 heterocycles. The van der Waals surface area contributed by atoms with E-state index in [2.05, 4.69) is 47.8 Å². The predicted molar refractivity (Wildman–Crippen MR) is 91.1 cm³/mol. The maximum Gasteiger partial charge on any atom is 0.224 e. The molecule has 3 nitrogen and oxygen atoms in total. The number of hydrogen-bond acceptors (Lipinski definition) is 4. The van der Waals surface area contributed by atoms with Crippen LogP contribution in [0, 0.1) is 20.8 Å². The summed E-state index contributed by atoms with van der Waals surface area (Å²) in [6.07, 6.45) is 0. The lowest BCUT2D eigenvalue weighted by Crippen LogP contribution is -2.14. The van der Waals surface area contributed by atoms with Crippen LogP contribution in [0.15, 0.2) is 23.6 Å². The van der Waals surface area contributed by atoms with Crippen LogP contribution < -0.4 is 4.90 Å². The Bertz CT molecular complexity index is 802. The molecule has 108 valence electrons. The second kappa shape index (κ2) is 5.28. The van der Waals surface area contributed by atoms with Crippen molar-refractivity contribution in [3.8, 4) is 0 Å². The van der Waals surface area contributed by atoms with E-state index in [-0.39, 0.29) is 5.28 Å². The molecule has 2 aromatic heterocycles. The number of aromatic nitrogens is 2. The lowest BCUT2D eigenvalue weighted by Gasteiger charge is -2.23. The molecule has 0 fully saturated rings. The van der Waals surface area contributed by atoms with Gasteiger partial charge in [0.25, 0.3) is 0 Å². The molecule has 0 saturated carbocycles. The minimum atomic E-state index is 0.283. The molecule has 0 spiro atoms. The minimum absolute atomic E-state index is 0.283. The average Bonchev–Trinajstić information content (AvgIpc) is 2.84. The van der Waals surface area contributed by atoms with Crippen molar-refractivity contribution >= 4 is 44.7 Å². The molecule has 1 aromatic carbocycles. The van der Waals surface area contributed by atoms with Crippen molar-refractivity contribution in [3.63, 3.8) is 0 Å². The third-order valence-electron chi connectivity index (χ3n) is 3.55. The Balaban J connectivity index is 2.21. The van der Waals surface area contributed by atoms with E-state index in [9.17, 15) is 0 Å². The van der Waals surface area contributed by atoms with Gasteiger partial charge in [-0.05, 0) is 54.9 Å². The van der Waals surface area contributed by atoms with Crippen molar-refractivity contribution in [1.82, 2.24) is 9.97 Å². The van der Waals surface area contributed by atoms with Crippen LogP contribution in [0.3, 0.4) is 0 Å². The lowest BCUT2D eigenvalue weighted by atomic mass is 10.0. The van der Waals surface area contributed by atoms with E-state index < -0.39 is 0 Å². The molecule has 0 unspecified atom stereocenters. The van der Waals surface area contributed by atoms with Gasteiger partial charge >= 0.3 is 0 Å². The van der Waals surface area contributed by atoms with Crippen LogP contribution in [0.1, 0.15) is 16.7 Å². The zero-order chi connectivity index (χ0) is 15.1. The summed E-state index contributed by atoms with van der Waals surface area (Å²) in [5.74, 6) is 0.857. The molecule has 0 aliphatic heterocycles. The van der Waals surface area contributed by atoms with Gasteiger partial charge in [0.2, 0.25) is 5.28 Å². The van der Waals surface area contributed by atoms with Crippen molar-refractivity contribution in [2.45, 2.75) is 20.8 Å². The maximum atomic E-state index is 6.07. The zero-order valence-electron chi connectivity index (χ0n) is 12.4. The Morgan fingerprint density at radius 3 is 2.43 bits per heavy atom. The molecule has 0 bridgehead atoms. The first kappa shape index (κ1) is 14.3. The lowest BCUT2D eigenvalue weighted by molar-refractivity contribution is 1.09. The molecule has 3 rings (SSSR count). The van der Waals surface area contributed by atoms with Gasteiger partial charge in [0.05, 0.1) is 10.2 Å². The molecule has 0 atom stereocenters. The summed E-state index contributed by atoms with van der Waals surface area (Å²) in [5.41, 5.74) is 5.79. The standard InChI is InChI=1S/C16H16ClN3S/c1-9-7-10(2)13(11(3)8-9)20(4)15-14-12(5-6-21-14)18-16(17)19-15/h5-8H,1-4H3. The molecule has 0 N–H and O–H groups in total. The van der Waals surface area contributed by atoms with Crippen LogP contribution in [0.2, 0.25) is 5.28 Å². The van der Waals surface area contributed by atoms with Crippen LogP contribution >= 0.6 is 22.9 Å². The minimum Gasteiger partial charge on any atom is -0.328 e. The van der Waals surface area contributed by atoms with E-state index in [0.717, 1.165) is 16.0 Å². The summed E-state index contributed by atoms with van der Waals surface area (Å²) in [4.78, 5) is 10.8. The van der Waals surface area contributed by atoms with Gasteiger partial charge in [0.1, 0.15) is 0 Å². The van der Waals surface area contributed by atoms with Crippen LogP contribution in [0.4, 0.5) is 11.5 Å². The van der Waals surface area contributed by atoms with E-state index in [1.165, 1.54) is 22.4 Å².